The Labute approximate surface area is 127 Å². The van der Waals surface area contributed by atoms with E-state index >= 15 is 0 Å². The van der Waals surface area contributed by atoms with Crippen molar-refractivity contribution in [3.05, 3.63) is 35.4 Å². The van der Waals surface area contributed by atoms with Crippen molar-refractivity contribution in [1.29, 1.82) is 0 Å². The van der Waals surface area contributed by atoms with Crippen molar-refractivity contribution in [3.8, 4) is 0 Å². The third-order valence-corrected chi connectivity index (χ3v) is 4.93. The zero-order valence-electron chi connectivity index (χ0n) is 11.9. The van der Waals surface area contributed by atoms with Gasteiger partial charge in [0.15, 0.2) is 0 Å². The van der Waals surface area contributed by atoms with Crippen LogP contribution in [0.1, 0.15) is 24.5 Å². The average Bonchev–Trinajstić information content (AvgIpc) is 2.31. The van der Waals surface area contributed by atoms with Crippen molar-refractivity contribution < 1.29 is 8.42 Å². The van der Waals surface area contributed by atoms with E-state index in [0.29, 0.717) is 5.92 Å². The van der Waals surface area contributed by atoms with Gasteiger partial charge in [-0.05, 0) is 37.9 Å². The minimum atomic E-state index is -3.26. The molecule has 4 nitrogen and oxygen atoms in total. The lowest BCUT2D eigenvalue weighted by Crippen LogP contribution is -2.48. The highest BCUT2D eigenvalue weighted by Gasteiger charge is 2.25. The van der Waals surface area contributed by atoms with Crippen LogP contribution in [0.5, 0.6) is 0 Å². The zero-order chi connectivity index (χ0) is 13.9. The molecule has 1 heterocycles. The van der Waals surface area contributed by atoms with Gasteiger partial charge in [0.25, 0.3) is 0 Å². The first-order valence-electron chi connectivity index (χ1n) is 6.72. The molecule has 0 spiro atoms. The monoisotopic (exact) mass is 318 g/mol. The van der Waals surface area contributed by atoms with Gasteiger partial charge in [-0.25, -0.2) is 13.1 Å². The van der Waals surface area contributed by atoms with Gasteiger partial charge < -0.3 is 5.32 Å². The molecule has 20 heavy (non-hydrogen) atoms. The number of hydrogen-bond donors (Lipinski definition) is 2. The van der Waals surface area contributed by atoms with Crippen LogP contribution in [0, 0.1) is 12.8 Å². The molecule has 1 fully saturated rings. The maximum Gasteiger partial charge on any atom is 0.216 e. The van der Waals surface area contributed by atoms with Crippen LogP contribution in [0.2, 0.25) is 0 Å². The molecular formula is C14H23ClN2O2S. The number of sulfonamides is 1. The molecule has 1 saturated heterocycles. The lowest BCUT2D eigenvalue weighted by atomic mass is 9.97. The summed E-state index contributed by atoms with van der Waals surface area (Å²) in [6, 6.07) is 7.70. The van der Waals surface area contributed by atoms with E-state index in [1.807, 2.05) is 31.2 Å². The SMILES string of the molecule is Cc1cccc(CS(=O)(=O)NC2CCNCC2C)c1.Cl. The Hall–Kier alpha value is -0.620. The fourth-order valence-electron chi connectivity index (χ4n) is 2.48. The highest BCUT2D eigenvalue weighted by molar-refractivity contribution is 7.88. The number of benzene rings is 1. The maximum atomic E-state index is 12.2. The summed E-state index contributed by atoms with van der Waals surface area (Å²) in [5, 5.41) is 3.27. The van der Waals surface area contributed by atoms with Gasteiger partial charge >= 0.3 is 0 Å². The molecule has 2 N–H and O–H groups in total. The molecule has 0 aromatic heterocycles. The number of halogens is 1. The molecule has 1 aliphatic heterocycles. The van der Waals surface area contributed by atoms with E-state index in [1.54, 1.807) is 0 Å². The van der Waals surface area contributed by atoms with Crippen LogP contribution in [0.3, 0.4) is 0 Å². The first kappa shape index (κ1) is 17.4. The second-order valence-electron chi connectivity index (χ2n) is 5.44. The summed E-state index contributed by atoms with van der Waals surface area (Å²) < 4.78 is 27.2. The first-order valence-corrected chi connectivity index (χ1v) is 8.38. The summed E-state index contributed by atoms with van der Waals surface area (Å²) in [5.41, 5.74) is 1.93. The molecule has 2 unspecified atom stereocenters. The van der Waals surface area contributed by atoms with Crippen LogP contribution in [-0.2, 0) is 15.8 Å². The van der Waals surface area contributed by atoms with Gasteiger partial charge in [-0.1, -0.05) is 36.8 Å². The van der Waals surface area contributed by atoms with Crippen LogP contribution in [0.15, 0.2) is 24.3 Å². The lowest BCUT2D eigenvalue weighted by Gasteiger charge is -2.29. The number of hydrogen-bond acceptors (Lipinski definition) is 3. The van der Waals surface area contributed by atoms with E-state index in [1.165, 1.54) is 0 Å². The predicted molar refractivity (Wildman–Crippen MR) is 84.6 cm³/mol. The molecule has 1 aromatic carbocycles. The zero-order valence-corrected chi connectivity index (χ0v) is 13.6. The Morgan fingerprint density at radius 1 is 1.40 bits per heavy atom. The summed E-state index contributed by atoms with van der Waals surface area (Å²) in [4.78, 5) is 0. The van der Waals surface area contributed by atoms with Crippen molar-refractivity contribution >= 4 is 22.4 Å². The van der Waals surface area contributed by atoms with Gasteiger partial charge in [0.2, 0.25) is 10.0 Å². The molecule has 2 rings (SSSR count). The minimum Gasteiger partial charge on any atom is -0.316 e. The molecule has 0 radical (unpaired) electrons. The summed E-state index contributed by atoms with van der Waals surface area (Å²) in [6.07, 6.45) is 0.855. The highest BCUT2D eigenvalue weighted by atomic mass is 35.5. The van der Waals surface area contributed by atoms with Crippen molar-refractivity contribution in [3.63, 3.8) is 0 Å². The van der Waals surface area contributed by atoms with E-state index < -0.39 is 10.0 Å². The van der Waals surface area contributed by atoms with Crippen LogP contribution >= 0.6 is 12.4 Å². The Morgan fingerprint density at radius 2 is 2.15 bits per heavy atom. The van der Waals surface area contributed by atoms with E-state index in [0.717, 1.165) is 30.6 Å². The first-order chi connectivity index (χ1) is 8.96. The third-order valence-electron chi connectivity index (χ3n) is 3.56. The summed E-state index contributed by atoms with van der Waals surface area (Å²) in [5.74, 6) is 0.395. The maximum absolute atomic E-state index is 12.2. The van der Waals surface area contributed by atoms with Gasteiger partial charge in [0.1, 0.15) is 0 Å². The van der Waals surface area contributed by atoms with Gasteiger partial charge in [-0.15, -0.1) is 12.4 Å². The van der Waals surface area contributed by atoms with Crippen LogP contribution in [0.25, 0.3) is 0 Å². The Bertz CT molecular complexity index is 534. The quantitative estimate of drug-likeness (QED) is 0.890. The smallest absolute Gasteiger partial charge is 0.216 e. The largest absolute Gasteiger partial charge is 0.316 e. The topological polar surface area (TPSA) is 58.2 Å². The predicted octanol–water partition coefficient (Wildman–Crippen LogP) is 1.83. The molecule has 1 aromatic rings. The minimum absolute atomic E-state index is 0. The number of rotatable bonds is 4. The normalized spacial score (nSPS) is 23.1. The molecule has 0 bridgehead atoms. The summed E-state index contributed by atoms with van der Waals surface area (Å²) in [7, 11) is -3.26. The number of aryl methyl sites for hydroxylation is 1. The summed E-state index contributed by atoms with van der Waals surface area (Å²) >= 11 is 0. The van der Waals surface area contributed by atoms with E-state index in [4.69, 9.17) is 0 Å². The molecule has 6 heteroatoms. The molecule has 1 aliphatic rings. The average molecular weight is 319 g/mol. The second kappa shape index (κ2) is 7.41. The Kier molecular flexibility index (Phi) is 6.45. The fraction of sp³-hybridized carbons (Fsp3) is 0.571. The van der Waals surface area contributed by atoms with Gasteiger partial charge in [0.05, 0.1) is 5.75 Å². The van der Waals surface area contributed by atoms with Crippen molar-refractivity contribution in [1.82, 2.24) is 10.0 Å². The molecule has 0 saturated carbocycles. The molecule has 0 amide bonds. The standard InChI is InChI=1S/C14H22N2O2S.ClH/c1-11-4-3-5-13(8-11)10-19(17,18)16-14-6-7-15-9-12(14)2;/h3-5,8,12,14-16H,6-7,9-10H2,1-2H3;1H. The second-order valence-corrected chi connectivity index (χ2v) is 7.20. The fourth-order valence-corrected chi connectivity index (χ4v) is 4.00. The van der Waals surface area contributed by atoms with E-state index in [-0.39, 0.29) is 24.2 Å². The lowest BCUT2D eigenvalue weighted by molar-refractivity contribution is 0.328. The van der Waals surface area contributed by atoms with Crippen LogP contribution in [-0.4, -0.2) is 27.5 Å². The van der Waals surface area contributed by atoms with Gasteiger partial charge in [0, 0.05) is 6.04 Å². The van der Waals surface area contributed by atoms with Crippen LogP contribution < -0.4 is 10.0 Å². The van der Waals surface area contributed by atoms with Crippen molar-refractivity contribution in [2.75, 3.05) is 13.1 Å². The number of piperidine rings is 1. The van der Waals surface area contributed by atoms with Crippen molar-refractivity contribution in [2.45, 2.75) is 32.1 Å². The molecule has 114 valence electrons. The third kappa shape index (κ3) is 5.05. The highest BCUT2D eigenvalue weighted by Crippen LogP contribution is 2.14. The van der Waals surface area contributed by atoms with Crippen LogP contribution in [0.4, 0.5) is 0 Å². The van der Waals surface area contributed by atoms with Crippen molar-refractivity contribution in [2.24, 2.45) is 5.92 Å². The molecule has 0 aliphatic carbocycles. The van der Waals surface area contributed by atoms with Gasteiger partial charge in [-0.3, -0.25) is 0 Å². The van der Waals surface area contributed by atoms with E-state index in [9.17, 15) is 8.42 Å². The Morgan fingerprint density at radius 3 is 2.80 bits per heavy atom. The molecule has 2 atom stereocenters. The van der Waals surface area contributed by atoms with E-state index in [2.05, 4.69) is 17.0 Å². The number of nitrogens with one attached hydrogen (secondary N) is 2. The Balaban J connectivity index is 0.00000200. The van der Waals surface area contributed by atoms with Gasteiger partial charge in [-0.2, -0.15) is 0 Å². The molecular weight excluding hydrogens is 296 g/mol. The summed E-state index contributed by atoms with van der Waals surface area (Å²) in [6.45, 7) is 5.80.